The van der Waals surface area contributed by atoms with Gasteiger partial charge in [0.1, 0.15) is 6.33 Å². The number of amides is 1. The molecular weight excluding hydrogens is 450 g/mol. The van der Waals surface area contributed by atoms with Crippen LogP contribution in [0.3, 0.4) is 0 Å². The molecule has 0 atom stereocenters. The summed E-state index contributed by atoms with van der Waals surface area (Å²) < 4.78 is 3.26. The van der Waals surface area contributed by atoms with Gasteiger partial charge in [-0.3, -0.25) is 4.79 Å². The third-order valence-corrected chi connectivity index (χ3v) is 6.16. The van der Waals surface area contributed by atoms with E-state index in [-0.39, 0.29) is 5.91 Å². The number of hydrogen-bond donors (Lipinski definition) is 1. The van der Waals surface area contributed by atoms with Gasteiger partial charge in [0.05, 0.1) is 22.7 Å². The number of anilines is 1. The second-order valence-corrected chi connectivity index (χ2v) is 8.35. The number of tetrazole rings is 2. The molecule has 0 aliphatic rings. The predicted molar refractivity (Wildman–Crippen MR) is 127 cm³/mol. The average Bonchev–Trinajstić information content (AvgIpc) is 3.57. The summed E-state index contributed by atoms with van der Waals surface area (Å²) in [5.74, 6) is 0.980. The number of aromatic nitrogens is 8. The van der Waals surface area contributed by atoms with Crippen molar-refractivity contribution in [3.8, 4) is 11.4 Å². The van der Waals surface area contributed by atoms with Crippen LogP contribution in [-0.2, 0) is 5.75 Å². The van der Waals surface area contributed by atoms with Crippen LogP contribution in [0, 0.1) is 6.92 Å². The summed E-state index contributed by atoms with van der Waals surface area (Å²) in [5, 5.41) is 26.3. The van der Waals surface area contributed by atoms with E-state index < -0.39 is 0 Å². The Balaban J connectivity index is 1.34. The molecule has 0 saturated heterocycles. The van der Waals surface area contributed by atoms with Crippen molar-refractivity contribution in [3.05, 3.63) is 96.1 Å². The van der Waals surface area contributed by atoms with Gasteiger partial charge in [-0.1, -0.05) is 36.4 Å². The third-order valence-electron chi connectivity index (χ3n) is 5.09. The van der Waals surface area contributed by atoms with Crippen LogP contribution in [0.4, 0.5) is 5.69 Å². The molecule has 5 rings (SSSR count). The monoisotopic (exact) mass is 469 g/mol. The molecule has 0 aliphatic heterocycles. The van der Waals surface area contributed by atoms with Gasteiger partial charge in [0.2, 0.25) is 0 Å². The molecule has 168 valence electrons. The van der Waals surface area contributed by atoms with Crippen LogP contribution in [0.1, 0.15) is 21.7 Å². The van der Waals surface area contributed by atoms with E-state index in [1.807, 2.05) is 73.7 Å². The molecule has 0 bridgehead atoms. The standard InChI is InChI=1S/C23H19N9OS/c1-16-11-12-17(13-20(16)31-15-24-27-29-31)25-23(33)19-9-5-6-10-21(19)34-14-22-26-28-30-32(22)18-7-3-2-4-8-18/h2-13,15H,14H2,1H3,(H,25,33). The van der Waals surface area contributed by atoms with Crippen molar-refractivity contribution in [2.75, 3.05) is 5.32 Å². The predicted octanol–water partition coefficient (Wildman–Crippen LogP) is 3.49. The zero-order valence-electron chi connectivity index (χ0n) is 18.1. The SMILES string of the molecule is Cc1ccc(NC(=O)c2ccccc2SCc2nnnn2-c2ccccc2)cc1-n1cnnn1. The van der Waals surface area contributed by atoms with E-state index in [1.54, 1.807) is 15.4 Å². The summed E-state index contributed by atoms with van der Waals surface area (Å²) in [5.41, 5.74) is 3.87. The van der Waals surface area contributed by atoms with Gasteiger partial charge >= 0.3 is 0 Å². The minimum absolute atomic E-state index is 0.211. The number of benzene rings is 3. The number of aryl methyl sites for hydroxylation is 1. The molecule has 11 heteroatoms. The molecule has 0 spiro atoms. The first-order valence-electron chi connectivity index (χ1n) is 10.4. The van der Waals surface area contributed by atoms with Crippen molar-refractivity contribution in [1.29, 1.82) is 0 Å². The van der Waals surface area contributed by atoms with Gasteiger partial charge in [0.25, 0.3) is 5.91 Å². The summed E-state index contributed by atoms with van der Waals surface area (Å²) in [6.07, 6.45) is 1.52. The molecule has 0 fully saturated rings. The van der Waals surface area contributed by atoms with E-state index in [2.05, 4.69) is 36.4 Å². The Labute approximate surface area is 199 Å². The van der Waals surface area contributed by atoms with Crippen LogP contribution < -0.4 is 5.32 Å². The third kappa shape index (κ3) is 4.55. The lowest BCUT2D eigenvalue weighted by Crippen LogP contribution is -2.13. The van der Waals surface area contributed by atoms with Crippen molar-refractivity contribution in [1.82, 2.24) is 40.4 Å². The number of carbonyl (C=O) groups excluding carboxylic acids is 1. The zero-order chi connectivity index (χ0) is 23.3. The van der Waals surface area contributed by atoms with Gasteiger partial charge in [0.15, 0.2) is 5.82 Å². The van der Waals surface area contributed by atoms with Crippen LogP contribution >= 0.6 is 11.8 Å². The van der Waals surface area contributed by atoms with E-state index in [0.29, 0.717) is 22.8 Å². The highest BCUT2D eigenvalue weighted by Gasteiger charge is 2.15. The van der Waals surface area contributed by atoms with Crippen molar-refractivity contribution in [3.63, 3.8) is 0 Å². The minimum Gasteiger partial charge on any atom is -0.322 e. The fourth-order valence-electron chi connectivity index (χ4n) is 3.39. The topological polar surface area (TPSA) is 116 Å². The maximum absolute atomic E-state index is 13.2. The first kappa shape index (κ1) is 21.5. The molecule has 1 N–H and O–H groups in total. The van der Waals surface area contributed by atoms with E-state index in [9.17, 15) is 4.79 Å². The number of thioether (sulfide) groups is 1. The normalized spacial score (nSPS) is 10.9. The van der Waals surface area contributed by atoms with E-state index in [1.165, 1.54) is 18.1 Å². The number of nitrogens with one attached hydrogen (secondary N) is 1. The summed E-state index contributed by atoms with van der Waals surface area (Å²) >= 11 is 1.50. The highest BCUT2D eigenvalue weighted by atomic mass is 32.2. The fraction of sp³-hybridized carbons (Fsp3) is 0.0870. The molecule has 10 nitrogen and oxygen atoms in total. The Bertz CT molecular complexity index is 1420. The first-order chi connectivity index (χ1) is 16.7. The molecule has 0 radical (unpaired) electrons. The summed E-state index contributed by atoms with van der Waals surface area (Å²) in [6.45, 7) is 1.96. The number of nitrogens with zero attached hydrogens (tertiary/aromatic N) is 8. The minimum atomic E-state index is -0.211. The maximum Gasteiger partial charge on any atom is 0.256 e. The largest absolute Gasteiger partial charge is 0.322 e. The Morgan fingerprint density at radius 2 is 1.79 bits per heavy atom. The van der Waals surface area contributed by atoms with Crippen molar-refractivity contribution in [2.24, 2.45) is 0 Å². The summed E-state index contributed by atoms with van der Waals surface area (Å²) in [7, 11) is 0. The van der Waals surface area contributed by atoms with E-state index in [0.717, 1.165) is 21.8 Å². The lowest BCUT2D eigenvalue weighted by molar-refractivity contribution is 0.102. The van der Waals surface area contributed by atoms with Crippen LogP contribution in [0.5, 0.6) is 0 Å². The second-order valence-electron chi connectivity index (χ2n) is 7.34. The molecule has 5 aromatic rings. The van der Waals surface area contributed by atoms with Crippen LogP contribution in [-0.4, -0.2) is 46.3 Å². The molecular formula is C23H19N9OS. The Hall–Kier alpha value is -4.38. The fourth-order valence-corrected chi connectivity index (χ4v) is 4.35. The zero-order valence-corrected chi connectivity index (χ0v) is 18.9. The second kappa shape index (κ2) is 9.63. The van der Waals surface area contributed by atoms with Gasteiger partial charge in [-0.25, -0.2) is 4.68 Å². The van der Waals surface area contributed by atoms with E-state index in [4.69, 9.17) is 0 Å². The van der Waals surface area contributed by atoms with Crippen LogP contribution in [0.15, 0.2) is 84.0 Å². The smallest absolute Gasteiger partial charge is 0.256 e. The number of carbonyl (C=O) groups is 1. The molecule has 2 aromatic heterocycles. The molecule has 2 heterocycles. The first-order valence-corrected chi connectivity index (χ1v) is 11.4. The molecule has 0 aliphatic carbocycles. The lowest BCUT2D eigenvalue weighted by Gasteiger charge is -2.12. The quantitative estimate of drug-likeness (QED) is 0.360. The molecule has 3 aromatic carbocycles. The molecule has 1 amide bonds. The van der Waals surface area contributed by atoms with E-state index >= 15 is 0 Å². The number of para-hydroxylation sites is 1. The van der Waals surface area contributed by atoms with Crippen molar-refractivity contribution < 1.29 is 4.79 Å². The van der Waals surface area contributed by atoms with Crippen molar-refractivity contribution in [2.45, 2.75) is 17.6 Å². The molecule has 0 saturated carbocycles. The Morgan fingerprint density at radius 3 is 2.62 bits per heavy atom. The van der Waals surface area contributed by atoms with Gasteiger partial charge < -0.3 is 5.32 Å². The van der Waals surface area contributed by atoms with Gasteiger partial charge in [0, 0.05) is 10.6 Å². The van der Waals surface area contributed by atoms with Gasteiger partial charge in [-0.05, 0) is 69.7 Å². The van der Waals surface area contributed by atoms with Crippen molar-refractivity contribution >= 4 is 23.4 Å². The van der Waals surface area contributed by atoms with Crippen LogP contribution in [0.25, 0.3) is 11.4 Å². The molecule has 34 heavy (non-hydrogen) atoms. The highest BCUT2D eigenvalue weighted by molar-refractivity contribution is 7.98. The highest BCUT2D eigenvalue weighted by Crippen LogP contribution is 2.27. The number of rotatable bonds is 7. The van der Waals surface area contributed by atoms with Crippen LogP contribution in [0.2, 0.25) is 0 Å². The summed E-state index contributed by atoms with van der Waals surface area (Å²) in [6, 6.07) is 22.8. The van der Waals surface area contributed by atoms with Gasteiger partial charge in [-0.2, -0.15) is 4.68 Å². The van der Waals surface area contributed by atoms with Gasteiger partial charge in [-0.15, -0.1) is 22.0 Å². The number of hydrogen-bond acceptors (Lipinski definition) is 8. The lowest BCUT2D eigenvalue weighted by atomic mass is 10.1. The summed E-state index contributed by atoms with van der Waals surface area (Å²) in [4.78, 5) is 14.0. The molecule has 0 unspecified atom stereocenters. The Morgan fingerprint density at radius 1 is 0.971 bits per heavy atom. The Kier molecular flexibility index (Phi) is 6.08. The average molecular weight is 470 g/mol. The maximum atomic E-state index is 13.2.